The van der Waals surface area contributed by atoms with Gasteiger partial charge >= 0.3 is 6.03 Å². The van der Waals surface area contributed by atoms with Crippen LogP contribution in [0.15, 0.2) is 48.8 Å². The van der Waals surface area contributed by atoms with Gasteiger partial charge in [-0.3, -0.25) is 9.78 Å². The van der Waals surface area contributed by atoms with E-state index in [-0.39, 0.29) is 11.9 Å². The number of carbonyl (C=O) groups excluding carboxylic acids is 2. The molecule has 3 amide bonds. The molecule has 0 unspecified atom stereocenters. The fraction of sp³-hybridized carbons (Fsp3) is 0.235. The zero-order chi connectivity index (χ0) is 16.8. The number of nitrogens with one attached hydrogen (secondary N) is 3. The first-order valence-electron chi connectivity index (χ1n) is 7.76. The zero-order valence-corrected chi connectivity index (χ0v) is 13.2. The van der Waals surface area contributed by atoms with Crippen LogP contribution in [0.2, 0.25) is 0 Å². The van der Waals surface area contributed by atoms with Gasteiger partial charge in [0.25, 0.3) is 0 Å². The molecule has 1 aromatic carbocycles. The van der Waals surface area contributed by atoms with Crippen molar-refractivity contribution in [1.82, 2.24) is 15.6 Å². The summed E-state index contributed by atoms with van der Waals surface area (Å²) < 4.78 is 0. The fourth-order valence-electron chi connectivity index (χ4n) is 2.47. The van der Waals surface area contributed by atoms with Crippen molar-refractivity contribution in [1.29, 1.82) is 0 Å². The number of rotatable bonds is 4. The number of piperazine rings is 1. The van der Waals surface area contributed by atoms with E-state index in [2.05, 4.69) is 20.9 Å². The third-order valence-electron chi connectivity index (χ3n) is 3.70. The largest absolute Gasteiger partial charge is 0.360 e. The predicted molar refractivity (Wildman–Crippen MR) is 91.8 cm³/mol. The van der Waals surface area contributed by atoms with E-state index in [1.807, 2.05) is 41.3 Å². The van der Waals surface area contributed by atoms with Crippen molar-refractivity contribution >= 4 is 23.3 Å². The average molecular weight is 325 g/mol. The highest BCUT2D eigenvalue weighted by Gasteiger charge is 2.16. The minimum absolute atomic E-state index is 0.0261. The lowest BCUT2D eigenvalue weighted by atomic mass is 10.2. The number of pyridine rings is 1. The van der Waals surface area contributed by atoms with Gasteiger partial charge in [0, 0.05) is 43.4 Å². The Morgan fingerprint density at radius 1 is 1.25 bits per heavy atom. The summed E-state index contributed by atoms with van der Waals surface area (Å²) in [6.45, 7) is 2.21. The normalized spacial score (nSPS) is 14.0. The molecule has 7 heteroatoms. The summed E-state index contributed by atoms with van der Waals surface area (Å²) in [6.07, 6.45) is 3.40. The van der Waals surface area contributed by atoms with Crippen molar-refractivity contribution in [2.45, 2.75) is 6.54 Å². The Morgan fingerprint density at radius 2 is 2.08 bits per heavy atom. The van der Waals surface area contributed by atoms with Crippen LogP contribution in [-0.2, 0) is 11.3 Å². The van der Waals surface area contributed by atoms with Crippen LogP contribution in [0, 0.1) is 0 Å². The van der Waals surface area contributed by atoms with Crippen LogP contribution in [0.4, 0.5) is 16.2 Å². The third kappa shape index (κ3) is 4.22. The average Bonchev–Trinajstić information content (AvgIpc) is 2.61. The summed E-state index contributed by atoms with van der Waals surface area (Å²) in [5, 5.41) is 8.36. The molecule has 1 fully saturated rings. The van der Waals surface area contributed by atoms with Gasteiger partial charge in [0.05, 0.1) is 6.54 Å². The summed E-state index contributed by atoms with van der Waals surface area (Å²) in [5.41, 5.74) is 2.60. The van der Waals surface area contributed by atoms with Gasteiger partial charge in [-0.2, -0.15) is 0 Å². The lowest BCUT2D eigenvalue weighted by molar-refractivity contribution is -0.120. The predicted octanol–water partition coefficient (Wildman–Crippen LogP) is 1.34. The monoisotopic (exact) mass is 325 g/mol. The summed E-state index contributed by atoms with van der Waals surface area (Å²) in [7, 11) is 0. The van der Waals surface area contributed by atoms with Crippen molar-refractivity contribution < 1.29 is 9.59 Å². The van der Waals surface area contributed by atoms with Crippen LogP contribution in [-0.4, -0.2) is 36.6 Å². The second kappa shape index (κ2) is 7.45. The Kier molecular flexibility index (Phi) is 4.90. The number of hydrogen-bond acceptors (Lipinski definition) is 4. The lowest BCUT2D eigenvalue weighted by Gasteiger charge is -2.28. The van der Waals surface area contributed by atoms with E-state index in [0.717, 1.165) is 17.8 Å². The Bertz CT molecular complexity index is 703. The van der Waals surface area contributed by atoms with Gasteiger partial charge in [0.1, 0.15) is 0 Å². The molecule has 124 valence electrons. The number of aromatic nitrogens is 1. The van der Waals surface area contributed by atoms with E-state index < -0.39 is 0 Å². The minimum Gasteiger partial charge on any atom is -0.360 e. The molecular formula is C17H19N5O2. The standard InChI is InChI=1S/C17H19N5O2/c23-16-12-22(9-8-19-16)15-5-3-14(4-6-15)21-17(24)20-11-13-2-1-7-18-10-13/h1-7,10H,8-9,11-12H2,(H,19,23)(H2,20,21,24). The number of nitrogens with zero attached hydrogens (tertiary/aromatic N) is 2. The van der Waals surface area contributed by atoms with Gasteiger partial charge in [0.15, 0.2) is 0 Å². The third-order valence-corrected chi connectivity index (χ3v) is 3.70. The number of urea groups is 1. The van der Waals surface area contributed by atoms with Gasteiger partial charge in [-0.05, 0) is 35.9 Å². The van der Waals surface area contributed by atoms with E-state index in [4.69, 9.17) is 0 Å². The first-order valence-corrected chi connectivity index (χ1v) is 7.76. The molecular weight excluding hydrogens is 306 g/mol. The van der Waals surface area contributed by atoms with Crippen LogP contribution in [0.25, 0.3) is 0 Å². The smallest absolute Gasteiger partial charge is 0.319 e. The van der Waals surface area contributed by atoms with Gasteiger partial charge < -0.3 is 20.9 Å². The minimum atomic E-state index is -0.274. The molecule has 1 saturated heterocycles. The number of carbonyl (C=O) groups is 2. The molecule has 2 heterocycles. The Balaban J connectivity index is 1.52. The van der Waals surface area contributed by atoms with E-state index in [9.17, 15) is 9.59 Å². The highest BCUT2D eigenvalue weighted by atomic mass is 16.2. The molecule has 1 aliphatic rings. The Morgan fingerprint density at radius 3 is 2.79 bits per heavy atom. The highest BCUT2D eigenvalue weighted by molar-refractivity contribution is 5.89. The first kappa shape index (κ1) is 15.8. The van der Waals surface area contributed by atoms with Crippen LogP contribution >= 0.6 is 0 Å². The van der Waals surface area contributed by atoms with Gasteiger partial charge in [0.2, 0.25) is 5.91 Å². The van der Waals surface area contributed by atoms with Crippen LogP contribution < -0.4 is 20.9 Å². The maximum atomic E-state index is 11.9. The molecule has 0 atom stereocenters. The van der Waals surface area contributed by atoms with E-state index in [0.29, 0.717) is 25.3 Å². The topological polar surface area (TPSA) is 86.4 Å². The van der Waals surface area contributed by atoms with Crippen molar-refractivity contribution in [2.24, 2.45) is 0 Å². The molecule has 3 N–H and O–H groups in total. The molecule has 0 saturated carbocycles. The maximum Gasteiger partial charge on any atom is 0.319 e. The Hall–Kier alpha value is -3.09. The molecule has 0 aliphatic carbocycles. The molecule has 0 bridgehead atoms. The number of hydrogen-bond donors (Lipinski definition) is 3. The lowest BCUT2D eigenvalue weighted by Crippen LogP contribution is -2.47. The van der Waals surface area contributed by atoms with Gasteiger partial charge in [-0.25, -0.2) is 4.79 Å². The molecule has 1 aliphatic heterocycles. The second-order valence-electron chi connectivity index (χ2n) is 5.49. The highest BCUT2D eigenvalue weighted by Crippen LogP contribution is 2.18. The van der Waals surface area contributed by atoms with Crippen molar-refractivity contribution in [2.75, 3.05) is 29.9 Å². The maximum absolute atomic E-state index is 11.9. The first-order chi connectivity index (χ1) is 11.7. The number of benzene rings is 1. The zero-order valence-electron chi connectivity index (χ0n) is 13.2. The second-order valence-corrected chi connectivity index (χ2v) is 5.49. The van der Waals surface area contributed by atoms with Gasteiger partial charge in [-0.15, -0.1) is 0 Å². The van der Waals surface area contributed by atoms with Gasteiger partial charge in [-0.1, -0.05) is 6.07 Å². The van der Waals surface area contributed by atoms with Crippen LogP contribution in [0.3, 0.4) is 0 Å². The molecule has 24 heavy (non-hydrogen) atoms. The molecule has 0 radical (unpaired) electrons. The van der Waals surface area contributed by atoms with E-state index >= 15 is 0 Å². The summed E-state index contributed by atoms with van der Waals surface area (Å²) in [5.74, 6) is 0.0261. The number of anilines is 2. The van der Waals surface area contributed by atoms with Crippen molar-refractivity contribution in [3.8, 4) is 0 Å². The summed E-state index contributed by atoms with van der Waals surface area (Å²) in [4.78, 5) is 29.3. The Labute approximate surface area is 140 Å². The SMILES string of the molecule is O=C1CN(c2ccc(NC(=O)NCc3cccnc3)cc2)CCN1. The van der Waals surface area contributed by atoms with E-state index in [1.165, 1.54) is 0 Å². The summed E-state index contributed by atoms with van der Waals surface area (Å²) >= 11 is 0. The molecule has 0 spiro atoms. The van der Waals surface area contributed by atoms with E-state index in [1.54, 1.807) is 12.4 Å². The quantitative estimate of drug-likeness (QED) is 0.792. The van der Waals surface area contributed by atoms with Crippen LogP contribution in [0.1, 0.15) is 5.56 Å². The molecule has 1 aromatic heterocycles. The molecule has 3 rings (SSSR count). The number of amides is 3. The molecule has 2 aromatic rings. The van der Waals surface area contributed by atoms with Crippen molar-refractivity contribution in [3.63, 3.8) is 0 Å². The summed E-state index contributed by atoms with van der Waals surface area (Å²) in [6, 6.07) is 10.9. The molecule has 7 nitrogen and oxygen atoms in total. The van der Waals surface area contributed by atoms with Crippen molar-refractivity contribution in [3.05, 3.63) is 54.4 Å². The van der Waals surface area contributed by atoms with Crippen LogP contribution in [0.5, 0.6) is 0 Å². The fourth-order valence-corrected chi connectivity index (χ4v) is 2.47.